The lowest BCUT2D eigenvalue weighted by molar-refractivity contribution is -0.123. The van der Waals surface area contributed by atoms with E-state index >= 15 is 0 Å². The van der Waals surface area contributed by atoms with Gasteiger partial charge in [-0.05, 0) is 56.3 Å². The Hall–Kier alpha value is -1.55. The lowest BCUT2D eigenvalue weighted by Gasteiger charge is -2.14. The quantitative estimate of drug-likeness (QED) is 0.735. The summed E-state index contributed by atoms with van der Waals surface area (Å²) < 4.78 is 5.50. The molecule has 0 heterocycles. The van der Waals surface area contributed by atoms with Crippen LogP contribution in [0, 0.1) is 5.92 Å². The zero-order chi connectivity index (χ0) is 15.1. The Bertz CT molecular complexity index is 441. The van der Waals surface area contributed by atoms with E-state index in [0.717, 1.165) is 25.3 Å². The Morgan fingerprint density at radius 3 is 2.67 bits per heavy atom. The number of hydrogen-bond acceptors (Lipinski definition) is 3. The lowest BCUT2D eigenvalue weighted by Crippen LogP contribution is -2.30. The van der Waals surface area contributed by atoms with E-state index in [1.807, 2.05) is 24.3 Å². The summed E-state index contributed by atoms with van der Waals surface area (Å²) in [6.45, 7) is 6.21. The maximum absolute atomic E-state index is 11.6. The van der Waals surface area contributed by atoms with E-state index in [-0.39, 0.29) is 12.5 Å². The predicted molar refractivity (Wildman–Crippen MR) is 84.4 cm³/mol. The highest BCUT2D eigenvalue weighted by atomic mass is 16.5. The number of hydrogen-bond donors (Lipinski definition) is 2. The number of carbonyl (C=O) groups excluding carboxylic acids is 1. The van der Waals surface area contributed by atoms with Gasteiger partial charge >= 0.3 is 0 Å². The molecule has 0 saturated heterocycles. The van der Waals surface area contributed by atoms with Crippen molar-refractivity contribution < 1.29 is 9.53 Å². The molecule has 1 aromatic carbocycles. The molecule has 4 heteroatoms. The van der Waals surface area contributed by atoms with Crippen LogP contribution in [0.3, 0.4) is 0 Å². The first kappa shape index (κ1) is 15.8. The average Bonchev–Trinajstić information content (AvgIpc) is 3.33. The van der Waals surface area contributed by atoms with Gasteiger partial charge in [0.2, 0.25) is 0 Å². The molecule has 1 atom stereocenters. The third-order valence-electron chi connectivity index (χ3n) is 3.74. The summed E-state index contributed by atoms with van der Waals surface area (Å²) in [6.07, 6.45) is 3.61. The standard InChI is InChI=1S/C17H26N2O2/c1-3-10-18-13(2)15-6-8-16(9-7-15)21-12-17(20)19-11-14-4-5-14/h6-9,13-14,18H,3-5,10-12H2,1-2H3,(H,19,20). The van der Waals surface area contributed by atoms with Crippen molar-refractivity contribution >= 4 is 5.91 Å². The second kappa shape index (κ2) is 8.03. The minimum atomic E-state index is -0.0380. The second-order valence-electron chi connectivity index (χ2n) is 5.78. The van der Waals surface area contributed by atoms with Gasteiger partial charge in [-0.25, -0.2) is 0 Å². The molecule has 2 rings (SSSR count). The molecule has 1 saturated carbocycles. The van der Waals surface area contributed by atoms with Gasteiger partial charge in [-0.15, -0.1) is 0 Å². The molecule has 0 radical (unpaired) electrons. The van der Waals surface area contributed by atoms with Gasteiger partial charge in [0, 0.05) is 12.6 Å². The topological polar surface area (TPSA) is 50.4 Å². The van der Waals surface area contributed by atoms with Crippen molar-refractivity contribution in [1.82, 2.24) is 10.6 Å². The van der Waals surface area contributed by atoms with E-state index in [1.54, 1.807) is 0 Å². The van der Waals surface area contributed by atoms with Crippen LogP contribution in [-0.2, 0) is 4.79 Å². The van der Waals surface area contributed by atoms with E-state index < -0.39 is 0 Å². The fourth-order valence-electron chi connectivity index (χ4n) is 2.11. The van der Waals surface area contributed by atoms with Gasteiger partial charge < -0.3 is 15.4 Å². The zero-order valence-corrected chi connectivity index (χ0v) is 13.0. The van der Waals surface area contributed by atoms with Crippen LogP contribution in [0.25, 0.3) is 0 Å². The fraction of sp³-hybridized carbons (Fsp3) is 0.588. The largest absolute Gasteiger partial charge is 0.484 e. The third-order valence-corrected chi connectivity index (χ3v) is 3.74. The van der Waals surface area contributed by atoms with E-state index in [0.29, 0.717) is 12.0 Å². The van der Waals surface area contributed by atoms with Gasteiger partial charge in [-0.3, -0.25) is 4.79 Å². The van der Waals surface area contributed by atoms with Gasteiger partial charge in [0.05, 0.1) is 0 Å². The number of benzene rings is 1. The number of ether oxygens (including phenoxy) is 1. The molecule has 2 N–H and O–H groups in total. The van der Waals surface area contributed by atoms with Crippen LogP contribution in [0.2, 0.25) is 0 Å². The number of nitrogens with one attached hydrogen (secondary N) is 2. The van der Waals surface area contributed by atoms with Crippen molar-refractivity contribution in [2.45, 2.75) is 39.2 Å². The average molecular weight is 290 g/mol. The van der Waals surface area contributed by atoms with E-state index in [4.69, 9.17) is 4.74 Å². The van der Waals surface area contributed by atoms with Crippen LogP contribution >= 0.6 is 0 Å². The SMILES string of the molecule is CCCNC(C)c1ccc(OCC(=O)NCC2CC2)cc1. The molecule has 0 aliphatic heterocycles. The Kier molecular flexibility index (Phi) is 6.05. The fourth-order valence-corrected chi connectivity index (χ4v) is 2.11. The third kappa shape index (κ3) is 5.76. The van der Waals surface area contributed by atoms with Gasteiger partial charge in [-0.1, -0.05) is 19.1 Å². The smallest absolute Gasteiger partial charge is 0.257 e. The number of carbonyl (C=O) groups is 1. The summed E-state index contributed by atoms with van der Waals surface area (Å²) in [5.74, 6) is 1.40. The van der Waals surface area contributed by atoms with Gasteiger partial charge in [0.25, 0.3) is 5.91 Å². The van der Waals surface area contributed by atoms with Crippen molar-refractivity contribution in [3.05, 3.63) is 29.8 Å². The molecule has 1 aromatic rings. The van der Waals surface area contributed by atoms with Crippen molar-refractivity contribution in [3.63, 3.8) is 0 Å². The summed E-state index contributed by atoms with van der Waals surface area (Å²) in [4.78, 5) is 11.6. The Morgan fingerprint density at radius 1 is 1.33 bits per heavy atom. The second-order valence-corrected chi connectivity index (χ2v) is 5.78. The highest BCUT2D eigenvalue weighted by molar-refractivity contribution is 5.77. The number of rotatable bonds is 9. The summed E-state index contributed by atoms with van der Waals surface area (Å²) in [5, 5.41) is 6.34. The molecular weight excluding hydrogens is 264 g/mol. The van der Waals surface area contributed by atoms with Gasteiger partial charge in [-0.2, -0.15) is 0 Å². The first-order chi connectivity index (χ1) is 10.2. The molecule has 0 spiro atoms. The molecule has 1 amide bonds. The monoisotopic (exact) mass is 290 g/mol. The minimum absolute atomic E-state index is 0.0380. The lowest BCUT2D eigenvalue weighted by atomic mass is 10.1. The van der Waals surface area contributed by atoms with E-state index in [9.17, 15) is 4.79 Å². The molecule has 21 heavy (non-hydrogen) atoms. The first-order valence-electron chi connectivity index (χ1n) is 7.92. The predicted octanol–water partition coefficient (Wildman–Crippen LogP) is 2.65. The molecule has 116 valence electrons. The van der Waals surface area contributed by atoms with Crippen molar-refractivity contribution in [2.75, 3.05) is 19.7 Å². The zero-order valence-electron chi connectivity index (χ0n) is 13.0. The summed E-state index contributed by atoms with van der Waals surface area (Å²) >= 11 is 0. The minimum Gasteiger partial charge on any atom is -0.484 e. The Labute approximate surface area is 127 Å². The van der Waals surface area contributed by atoms with Gasteiger partial charge in [0.15, 0.2) is 6.61 Å². The van der Waals surface area contributed by atoms with Crippen LogP contribution in [0.15, 0.2) is 24.3 Å². The van der Waals surface area contributed by atoms with Gasteiger partial charge in [0.1, 0.15) is 5.75 Å². The Balaban J connectivity index is 1.72. The molecule has 0 bridgehead atoms. The molecule has 1 fully saturated rings. The summed E-state index contributed by atoms with van der Waals surface area (Å²) in [6, 6.07) is 8.28. The molecule has 1 unspecified atom stereocenters. The Morgan fingerprint density at radius 2 is 2.05 bits per heavy atom. The first-order valence-corrected chi connectivity index (χ1v) is 7.92. The summed E-state index contributed by atoms with van der Waals surface area (Å²) in [5.41, 5.74) is 1.23. The van der Waals surface area contributed by atoms with Crippen molar-refractivity contribution in [3.8, 4) is 5.75 Å². The maximum atomic E-state index is 11.6. The van der Waals surface area contributed by atoms with Crippen molar-refractivity contribution in [1.29, 1.82) is 0 Å². The number of amides is 1. The molecule has 1 aliphatic carbocycles. The summed E-state index contributed by atoms with van der Waals surface area (Å²) in [7, 11) is 0. The van der Waals surface area contributed by atoms with Crippen molar-refractivity contribution in [2.24, 2.45) is 5.92 Å². The van der Waals surface area contributed by atoms with Crippen LogP contribution < -0.4 is 15.4 Å². The molecule has 0 aromatic heterocycles. The van der Waals surface area contributed by atoms with Crippen LogP contribution in [0.5, 0.6) is 5.75 Å². The highest BCUT2D eigenvalue weighted by Gasteiger charge is 2.21. The van der Waals surface area contributed by atoms with Crippen LogP contribution in [-0.4, -0.2) is 25.6 Å². The normalized spacial score (nSPS) is 15.5. The molecular formula is C17H26N2O2. The molecule has 4 nitrogen and oxygen atoms in total. The van der Waals surface area contributed by atoms with Crippen LogP contribution in [0.1, 0.15) is 44.7 Å². The van der Waals surface area contributed by atoms with E-state index in [2.05, 4.69) is 24.5 Å². The highest BCUT2D eigenvalue weighted by Crippen LogP contribution is 2.27. The maximum Gasteiger partial charge on any atom is 0.257 e. The molecule has 1 aliphatic rings. The van der Waals surface area contributed by atoms with Crippen LogP contribution in [0.4, 0.5) is 0 Å². The van der Waals surface area contributed by atoms with E-state index in [1.165, 1.54) is 18.4 Å².